The molecule has 3 heterocycles. The first kappa shape index (κ1) is 12.8. The van der Waals surface area contributed by atoms with Crippen molar-refractivity contribution in [1.29, 1.82) is 0 Å². The van der Waals surface area contributed by atoms with E-state index in [-0.39, 0.29) is 0 Å². The topological polar surface area (TPSA) is 38.2 Å². The van der Waals surface area contributed by atoms with Crippen LogP contribution < -0.4 is 4.74 Å². The van der Waals surface area contributed by atoms with Crippen LogP contribution in [0.3, 0.4) is 0 Å². The summed E-state index contributed by atoms with van der Waals surface area (Å²) < 4.78 is 14.5. The lowest BCUT2D eigenvalue weighted by molar-refractivity contribution is 0.298. The third-order valence-corrected chi connectivity index (χ3v) is 4.40. The number of hydrogen-bond acceptors (Lipinski definition) is 6. The summed E-state index contributed by atoms with van der Waals surface area (Å²) in [5.74, 6) is 0.667. The van der Waals surface area contributed by atoms with Gasteiger partial charge < -0.3 is 9.64 Å². The summed E-state index contributed by atoms with van der Waals surface area (Å²) in [4.78, 5) is 3.49. The molecule has 6 heteroatoms. The summed E-state index contributed by atoms with van der Waals surface area (Å²) >= 11 is 2.91. The Balaban J connectivity index is 1.73. The Morgan fingerprint density at radius 2 is 2.37 bits per heavy atom. The zero-order valence-corrected chi connectivity index (χ0v) is 12.3. The van der Waals surface area contributed by atoms with E-state index < -0.39 is 0 Å². The number of aromatic nitrogens is 2. The van der Waals surface area contributed by atoms with Gasteiger partial charge in [-0.2, -0.15) is 4.37 Å². The molecule has 0 atom stereocenters. The second kappa shape index (κ2) is 5.81. The molecule has 0 radical (unpaired) electrons. The van der Waals surface area contributed by atoms with E-state index in [0.717, 1.165) is 25.2 Å². The van der Waals surface area contributed by atoms with E-state index in [1.54, 1.807) is 11.3 Å². The van der Waals surface area contributed by atoms with Crippen LogP contribution in [-0.4, -0.2) is 33.8 Å². The second-order valence-electron chi connectivity index (χ2n) is 4.54. The van der Waals surface area contributed by atoms with Crippen LogP contribution in [0.15, 0.2) is 23.6 Å². The summed E-state index contributed by atoms with van der Waals surface area (Å²) in [6, 6.07) is 4.10. The minimum atomic E-state index is 0.569. The summed E-state index contributed by atoms with van der Waals surface area (Å²) in [7, 11) is 2.12. The quantitative estimate of drug-likeness (QED) is 0.869. The largest absolute Gasteiger partial charge is 0.470 e. The van der Waals surface area contributed by atoms with Gasteiger partial charge in [-0.25, -0.2) is 0 Å². The first-order valence-corrected chi connectivity index (χ1v) is 7.79. The van der Waals surface area contributed by atoms with Gasteiger partial charge in [0.2, 0.25) is 0 Å². The molecule has 0 aromatic carbocycles. The maximum Gasteiger partial charge on any atom is 0.254 e. The minimum Gasteiger partial charge on any atom is -0.470 e. The third kappa shape index (κ3) is 3.02. The van der Waals surface area contributed by atoms with Crippen molar-refractivity contribution in [2.24, 2.45) is 0 Å². The van der Waals surface area contributed by atoms with E-state index in [1.165, 1.54) is 22.2 Å². The highest BCUT2D eigenvalue weighted by Gasteiger charge is 2.18. The van der Waals surface area contributed by atoms with Gasteiger partial charge in [0.25, 0.3) is 5.88 Å². The molecule has 0 N–H and O–H groups in total. The Bertz CT molecular complexity index is 562. The van der Waals surface area contributed by atoms with Crippen LogP contribution in [0.4, 0.5) is 0 Å². The molecular formula is C13H15N3OS2. The first-order chi connectivity index (χ1) is 9.33. The molecule has 0 aliphatic carbocycles. The van der Waals surface area contributed by atoms with Gasteiger partial charge in [-0.3, -0.25) is 0 Å². The van der Waals surface area contributed by atoms with E-state index in [1.807, 2.05) is 6.07 Å². The molecule has 0 bridgehead atoms. The monoisotopic (exact) mass is 293 g/mol. The Morgan fingerprint density at radius 1 is 1.42 bits per heavy atom. The van der Waals surface area contributed by atoms with Gasteiger partial charge in [0, 0.05) is 18.0 Å². The van der Waals surface area contributed by atoms with E-state index in [2.05, 4.69) is 38.2 Å². The molecule has 3 rings (SSSR count). The summed E-state index contributed by atoms with van der Waals surface area (Å²) in [6.45, 7) is 2.59. The van der Waals surface area contributed by atoms with Gasteiger partial charge >= 0.3 is 0 Å². The molecule has 4 nitrogen and oxygen atoms in total. The van der Waals surface area contributed by atoms with Gasteiger partial charge in [0.1, 0.15) is 12.3 Å². The number of thiophene rings is 1. The molecule has 19 heavy (non-hydrogen) atoms. The number of hydrogen-bond donors (Lipinski definition) is 0. The van der Waals surface area contributed by atoms with Crippen molar-refractivity contribution < 1.29 is 4.74 Å². The lowest BCUT2D eigenvalue weighted by atomic mass is 10.1. The summed E-state index contributed by atoms with van der Waals surface area (Å²) in [5, 5.41) is 2.05. The van der Waals surface area contributed by atoms with Gasteiger partial charge in [-0.05, 0) is 30.5 Å². The first-order valence-electron chi connectivity index (χ1n) is 6.18. The third-order valence-electron chi connectivity index (χ3n) is 3.04. The molecule has 0 unspecified atom stereocenters. The van der Waals surface area contributed by atoms with Gasteiger partial charge in [-0.1, -0.05) is 12.1 Å². The second-order valence-corrected chi connectivity index (χ2v) is 6.10. The highest BCUT2D eigenvalue weighted by Crippen LogP contribution is 2.27. The van der Waals surface area contributed by atoms with Crippen LogP contribution in [0.1, 0.15) is 17.0 Å². The fraction of sp³-hybridized carbons (Fsp3) is 0.385. The number of rotatable bonds is 4. The van der Waals surface area contributed by atoms with Gasteiger partial charge in [0.05, 0.1) is 11.7 Å². The van der Waals surface area contributed by atoms with Crippen LogP contribution in [0.5, 0.6) is 5.88 Å². The molecule has 0 spiro atoms. The Labute approximate surface area is 120 Å². The van der Waals surface area contributed by atoms with Crippen molar-refractivity contribution in [1.82, 2.24) is 13.6 Å². The maximum absolute atomic E-state index is 5.80. The average Bonchev–Trinajstić information content (AvgIpc) is 3.08. The minimum absolute atomic E-state index is 0.569. The normalized spacial score (nSPS) is 16.4. The van der Waals surface area contributed by atoms with E-state index >= 15 is 0 Å². The summed E-state index contributed by atoms with van der Waals surface area (Å²) in [5.41, 5.74) is 2.14. The molecule has 1 aliphatic heterocycles. The molecular weight excluding hydrogens is 278 g/mol. The zero-order chi connectivity index (χ0) is 13.1. The molecule has 0 amide bonds. The van der Waals surface area contributed by atoms with Crippen molar-refractivity contribution >= 4 is 28.6 Å². The Kier molecular flexibility index (Phi) is 3.91. The molecule has 2 aromatic rings. The van der Waals surface area contributed by atoms with Crippen molar-refractivity contribution in [3.63, 3.8) is 0 Å². The molecule has 0 fully saturated rings. The van der Waals surface area contributed by atoms with Crippen molar-refractivity contribution in [2.75, 3.05) is 20.1 Å². The zero-order valence-electron chi connectivity index (χ0n) is 10.7. The van der Waals surface area contributed by atoms with Crippen molar-refractivity contribution in [2.45, 2.75) is 13.0 Å². The fourth-order valence-electron chi connectivity index (χ4n) is 2.07. The predicted molar refractivity (Wildman–Crippen MR) is 78.7 cm³/mol. The van der Waals surface area contributed by atoms with Crippen LogP contribution in [0, 0.1) is 0 Å². The molecule has 0 saturated heterocycles. The molecule has 0 saturated carbocycles. The van der Waals surface area contributed by atoms with Crippen LogP contribution in [0.2, 0.25) is 0 Å². The maximum atomic E-state index is 5.80. The lowest BCUT2D eigenvalue weighted by Crippen LogP contribution is -2.25. The van der Waals surface area contributed by atoms with Crippen molar-refractivity contribution in [3.8, 4) is 5.88 Å². The lowest BCUT2D eigenvalue weighted by Gasteiger charge is -2.22. The number of likely N-dealkylation sites (N-methyl/N-ethyl adjacent to an activating group) is 1. The number of ether oxygens (including phenoxy) is 1. The standard InChI is InChI=1S/C13H15N3OS2/c1-16-6-2-4-10(8-16)12-13(15-19-14-12)17-9-11-5-3-7-18-11/h3-5,7H,2,6,8-9H2,1H3. The smallest absolute Gasteiger partial charge is 0.254 e. The predicted octanol–water partition coefficient (Wildman–Crippen LogP) is 2.90. The van der Waals surface area contributed by atoms with Gasteiger partial charge in [-0.15, -0.1) is 15.7 Å². The van der Waals surface area contributed by atoms with E-state index in [0.29, 0.717) is 12.5 Å². The highest BCUT2D eigenvalue weighted by molar-refractivity contribution is 7.09. The highest BCUT2D eigenvalue weighted by atomic mass is 32.1. The molecule has 100 valence electrons. The average molecular weight is 293 g/mol. The van der Waals surface area contributed by atoms with Gasteiger partial charge in [0.15, 0.2) is 0 Å². The molecule has 1 aliphatic rings. The van der Waals surface area contributed by atoms with Crippen LogP contribution in [0.25, 0.3) is 5.57 Å². The summed E-state index contributed by atoms with van der Waals surface area (Å²) in [6.07, 6.45) is 3.31. The fourth-order valence-corrected chi connectivity index (χ4v) is 3.22. The Morgan fingerprint density at radius 3 is 3.16 bits per heavy atom. The van der Waals surface area contributed by atoms with Crippen LogP contribution >= 0.6 is 23.1 Å². The Hall–Kier alpha value is -1.24. The number of nitrogens with zero attached hydrogens (tertiary/aromatic N) is 3. The molecule has 2 aromatic heterocycles. The van der Waals surface area contributed by atoms with Crippen molar-refractivity contribution in [3.05, 3.63) is 34.2 Å². The van der Waals surface area contributed by atoms with E-state index in [9.17, 15) is 0 Å². The SMILES string of the molecule is CN1CCC=C(c2nsnc2OCc2cccs2)C1. The van der Waals surface area contributed by atoms with E-state index in [4.69, 9.17) is 4.74 Å². The van der Waals surface area contributed by atoms with Crippen LogP contribution in [-0.2, 0) is 6.61 Å².